The van der Waals surface area contributed by atoms with Crippen molar-refractivity contribution in [3.05, 3.63) is 57.4 Å². The summed E-state index contributed by atoms with van der Waals surface area (Å²) in [4.78, 5) is 48.4. The molecule has 3 amide bonds. The van der Waals surface area contributed by atoms with Gasteiger partial charge in [-0.3, -0.25) is 29.1 Å². The number of amides is 3. The van der Waals surface area contributed by atoms with E-state index in [2.05, 4.69) is 10.6 Å². The highest BCUT2D eigenvalue weighted by atomic mass is 16.2. The number of pyridine rings is 1. The van der Waals surface area contributed by atoms with Crippen molar-refractivity contribution in [1.29, 1.82) is 0 Å². The molecular weight excluding hydrogens is 372 g/mol. The van der Waals surface area contributed by atoms with Crippen molar-refractivity contribution < 1.29 is 14.4 Å². The van der Waals surface area contributed by atoms with Crippen molar-refractivity contribution in [2.45, 2.75) is 44.6 Å². The minimum atomic E-state index is -0.625. The molecule has 4 rings (SSSR count). The van der Waals surface area contributed by atoms with Gasteiger partial charge in [-0.1, -0.05) is 31.4 Å². The van der Waals surface area contributed by atoms with Gasteiger partial charge in [-0.15, -0.1) is 0 Å². The third kappa shape index (κ3) is 3.65. The van der Waals surface area contributed by atoms with Gasteiger partial charge in [0.1, 0.15) is 5.82 Å². The van der Waals surface area contributed by atoms with Crippen LogP contribution in [0.25, 0.3) is 5.69 Å². The number of imide groups is 1. The number of benzene rings is 1. The highest BCUT2D eigenvalue weighted by Crippen LogP contribution is 2.23. The molecule has 0 unspecified atom stereocenters. The number of hydrogen-bond donors (Lipinski definition) is 3. The monoisotopic (exact) mass is 394 g/mol. The van der Waals surface area contributed by atoms with Gasteiger partial charge in [0.05, 0.1) is 23.2 Å². The topological polar surface area (TPSA) is 123 Å². The molecule has 1 saturated carbocycles. The van der Waals surface area contributed by atoms with Crippen LogP contribution in [0, 0.1) is 0 Å². The van der Waals surface area contributed by atoms with Crippen molar-refractivity contribution in [2.75, 3.05) is 5.73 Å². The molecule has 2 aromatic rings. The zero-order chi connectivity index (χ0) is 20.5. The van der Waals surface area contributed by atoms with E-state index < -0.39 is 17.4 Å². The third-order valence-corrected chi connectivity index (χ3v) is 5.48. The number of hydrogen-bond acceptors (Lipinski definition) is 5. The van der Waals surface area contributed by atoms with Crippen LogP contribution in [0.2, 0.25) is 0 Å². The summed E-state index contributed by atoms with van der Waals surface area (Å²) < 4.78 is 1.18. The molecule has 2 heterocycles. The molecule has 1 aliphatic carbocycles. The van der Waals surface area contributed by atoms with Crippen molar-refractivity contribution in [1.82, 2.24) is 15.2 Å². The summed E-state index contributed by atoms with van der Waals surface area (Å²) in [6.07, 6.45) is 5.85. The Morgan fingerprint density at radius 2 is 1.76 bits per heavy atom. The number of nitrogen functional groups attached to an aromatic ring is 1. The van der Waals surface area contributed by atoms with Gasteiger partial charge >= 0.3 is 0 Å². The number of anilines is 1. The van der Waals surface area contributed by atoms with Crippen LogP contribution in [0.3, 0.4) is 0 Å². The van der Waals surface area contributed by atoms with Crippen molar-refractivity contribution in [3.63, 3.8) is 0 Å². The molecule has 8 heteroatoms. The van der Waals surface area contributed by atoms with Crippen LogP contribution in [0.4, 0.5) is 5.82 Å². The largest absolute Gasteiger partial charge is 0.384 e. The molecule has 1 aromatic heterocycles. The van der Waals surface area contributed by atoms with Crippen LogP contribution < -0.4 is 21.9 Å². The molecule has 1 aromatic carbocycles. The standard InChI is InChI=1S/C21H22N4O4/c22-19-18-15(20(28)24-21(18)29)11-17(27)25(19)14-8-6-12(7-9-14)10-16(26)23-13-4-2-1-3-5-13/h6-9,11,13H,1-5,10,22H2,(H,23,26)(H,24,28,29). The smallest absolute Gasteiger partial charge is 0.262 e. The van der Waals surface area contributed by atoms with E-state index in [1.807, 2.05) is 0 Å². The zero-order valence-corrected chi connectivity index (χ0v) is 15.9. The second-order valence-electron chi connectivity index (χ2n) is 7.52. The van der Waals surface area contributed by atoms with Gasteiger partial charge in [-0.2, -0.15) is 0 Å². The quantitative estimate of drug-likeness (QED) is 0.675. The molecule has 0 bridgehead atoms. The lowest BCUT2D eigenvalue weighted by molar-refractivity contribution is -0.121. The van der Waals surface area contributed by atoms with Crippen molar-refractivity contribution in [3.8, 4) is 5.69 Å². The predicted molar refractivity (Wildman–Crippen MR) is 107 cm³/mol. The number of carbonyl (C=O) groups is 3. The minimum absolute atomic E-state index is 0.00513. The Kier molecular flexibility index (Phi) is 4.92. The summed E-state index contributed by atoms with van der Waals surface area (Å²) in [5, 5.41) is 5.22. The highest BCUT2D eigenvalue weighted by molar-refractivity contribution is 6.23. The van der Waals surface area contributed by atoms with Crippen molar-refractivity contribution in [2.24, 2.45) is 0 Å². The summed E-state index contributed by atoms with van der Waals surface area (Å²) in [5.74, 6) is -1.35. The molecule has 1 aliphatic heterocycles. The Hall–Kier alpha value is -3.42. The van der Waals surface area contributed by atoms with E-state index in [0.717, 1.165) is 37.3 Å². The van der Waals surface area contributed by atoms with Crippen molar-refractivity contribution >= 4 is 23.5 Å². The number of nitrogens with two attached hydrogens (primary N) is 1. The second kappa shape index (κ2) is 7.54. The molecule has 0 saturated heterocycles. The van der Waals surface area contributed by atoms with Crippen LogP contribution in [-0.2, 0) is 11.2 Å². The maximum Gasteiger partial charge on any atom is 0.262 e. The summed E-state index contributed by atoms with van der Waals surface area (Å²) in [6.45, 7) is 0. The average molecular weight is 394 g/mol. The fourth-order valence-electron chi connectivity index (χ4n) is 4.02. The molecule has 2 aliphatic rings. The molecular formula is C21H22N4O4. The van der Waals surface area contributed by atoms with Crippen LogP contribution in [0.15, 0.2) is 35.1 Å². The number of carbonyl (C=O) groups excluding carboxylic acids is 3. The summed E-state index contributed by atoms with van der Waals surface area (Å²) in [7, 11) is 0. The Bertz CT molecular complexity index is 1050. The van der Waals surface area contributed by atoms with Gasteiger partial charge < -0.3 is 11.1 Å². The summed E-state index contributed by atoms with van der Waals surface area (Å²) in [6, 6.07) is 8.20. The van der Waals surface area contributed by atoms with Crippen LogP contribution in [0.5, 0.6) is 0 Å². The van der Waals surface area contributed by atoms with E-state index in [1.54, 1.807) is 24.3 Å². The zero-order valence-electron chi connectivity index (χ0n) is 15.9. The lowest BCUT2D eigenvalue weighted by Gasteiger charge is -2.22. The lowest BCUT2D eigenvalue weighted by Crippen LogP contribution is -2.37. The Labute approximate surface area is 167 Å². The molecule has 29 heavy (non-hydrogen) atoms. The molecule has 0 atom stereocenters. The van der Waals surface area contributed by atoms with Crippen LogP contribution in [0.1, 0.15) is 58.4 Å². The van der Waals surface area contributed by atoms with E-state index in [9.17, 15) is 19.2 Å². The van der Waals surface area contributed by atoms with Crippen LogP contribution in [-0.4, -0.2) is 28.3 Å². The number of aromatic nitrogens is 1. The average Bonchev–Trinajstić information content (AvgIpc) is 2.97. The first kappa shape index (κ1) is 18.9. The van der Waals surface area contributed by atoms with Gasteiger partial charge in [0.25, 0.3) is 17.4 Å². The third-order valence-electron chi connectivity index (χ3n) is 5.48. The minimum Gasteiger partial charge on any atom is -0.384 e. The van der Waals surface area contributed by atoms with E-state index in [4.69, 9.17) is 5.73 Å². The molecule has 8 nitrogen and oxygen atoms in total. The summed E-state index contributed by atoms with van der Waals surface area (Å²) in [5.41, 5.74) is 6.78. The van der Waals surface area contributed by atoms with Gasteiger partial charge in [-0.05, 0) is 30.5 Å². The normalized spacial score (nSPS) is 16.4. The fraction of sp³-hybridized carbons (Fsp3) is 0.333. The molecule has 0 radical (unpaired) electrons. The first-order valence-electron chi connectivity index (χ1n) is 9.74. The number of fused-ring (bicyclic) bond motifs is 1. The molecule has 150 valence electrons. The van der Waals surface area contributed by atoms with E-state index in [0.29, 0.717) is 5.69 Å². The first-order chi connectivity index (χ1) is 13.9. The number of nitrogens with one attached hydrogen (secondary N) is 2. The predicted octanol–water partition coefficient (Wildman–Crippen LogP) is 1.29. The molecule has 4 N–H and O–H groups in total. The van der Waals surface area contributed by atoms with E-state index >= 15 is 0 Å². The molecule has 0 spiro atoms. The van der Waals surface area contributed by atoms with Gasteiger partial charge in [0, 0.05) is 12.1 Å². The second-order valence-corrected chi connectivity index (χ2v) is 7.52. The van der Waals surface area contributed by atoms with E-state index in [-0.39, 0.29) is 35.3 Å². The Balaban J connectivity index is 1.53. The summed E-state index contributed by atoms with van der Waals surface area (Å²) >= 11 is 0. The lowest BCUT2D eigenvalue weighted by atomic mass is 9.95. The maximum atomic E-state index is 12.5. The Morgan fingerprint density at radius 1 is 1.07 bits per heavy atom. The highest BCUT2D eigenvalue weighted by Gasteiger charge is 2.31. The van der Waals surface area contributed by atoms with Gasteiger partial charge in [0.2, 0.25) is 5.91 Å². The van der Waals surface area contributed by atoms with E-state index in [1.165, 1.54) is 11.0 Å². The SMILES string of the molecule is Nc1c2c(cc(=O)n1-c1ccc(CC(=O)NC3CCCCC3)cc1)C(=O)NC2=O. The van der Waals surface area contributed by atoms with Gasteiger partial charge in [0.15, 0.2) is 0 Å². The Morgan fingerprint density at radius 3 is 2.45 bits per heavy atom. The number of rotatable bonds is 4. The molecule has 1 fully saturated rings. The fourth-order valence-corrected chi connectivity index (χ4v) is 4.02. The maximum absolute atomic E-state index is 12.5. The first-order valence-corrected chi connectivity index (χ1v) is 9.74. The van der Waals surface area contributed by atoms with Gasteiger partial charge in [-0.25, -0.2) is 0 Å². The number of nitrogens with zero attached hydrogens (tertiary/aromatic N) is 1. The van der Waals surface area contributed by atoms with Crippen LogP contribution >= 0.6 is 0 Å².